The number of halogens is 1. The van der Waals surface area contributed by atoms with E-state index in [0.717, 1.165) is 31.9 Å². The fourth-order valence-corrected chi connectivity index (χ4v) is 2.82. The van der Waals surface area contributed by atoms with Crippen molar-refractivity contribution in [2.75, 3.05) is 23.3 Å². The number of aromatic nitrogens is 3. The lowest BCUT2D eigenvalue weighted by atomic mass is 10.1. The summed E-state index contributed by atoms with van der Waals surface area (Å²) in [5, 5.41) is 3.71. The molecule has 1 saturated heterocycles. The zero-order chi connectivity index (χ0) is 16.2. The summed E-state index contributed by atoms with van der Waals surface area (Å²) in [7, 11) is 0. The molecule has 0 radical (unpaired) electrons. The average Bonchev–Trinajstić information content (AvgIpc) is 2.57. The van der Waals surface area contributed by atoms with E-state index in [9.17, 15) is 4.79 Å². The Labute approximate surface area is 138 Å². The van der Waals surface area contributed by atoms with Crippen molar-refractivity contribution in [1.29, 1.82) is 0 Å². The van der Waals surface area contributed by atoms with Crippen molar-refractivity contribution < 1.29 is 4.79 Å². The van der Waals surface area contributed by atoms with Crippen LogP contribution in [0.25, 0.3) is 0 Å². The Bertz CT molecular complexity index is 696. The third kappa shape index (κ3) is 3.68. The number of carbonyl (C=O) groups is 1. The fourth-order valence-electron chi connectivity index (χ4n) is 2.60. The number of nitrogens with zero attached hydrogens (tertiary/aromatic N) is 4. The number of pyridine rings is 1. The summed E-state index contributed by atoms with van der Waals surface area (Å²) in [5.74, 6) is 0.732. The number of hydrogen-bond donors (Lipinski definition) is 2. The van der Waals surface area contributed by atoms with E-state index in [0.29, 0.717) is 16.4 Å². The zero-order valence-corrected chi connectivity index (χ0v) is 13.2. The van der Waals surface area contributed by atoms with Gasteiger partial charge in [0.15, 0.2) is 0 Å². The SMILES string of the molecule is NC(=O)c1cnc(N[C@@H]2CCCN(c3ncccn3)C2)c(Cl)c1. The molecule has 0 aromatic carbocycles. The molecule has 23 heavy (non-hydrogen) atoms. The maximum absolute atomic E-state index is 11.1. The second-order valence-corrected chi connectivity index (χ2v) is 5.80. The van der Waals surface area contributed by atoms with Gasteiger partial charge in [-0.05, 0) is 25.0 Å². The highest BCUT2D eigenvalue weighted by Crippen LogP contribution is 2.24. The van der Waals surface area contributed by atoms with Crippen molar-refractivity contribution in [3.63, 3.8) is 0 Å². The fraction of sp³-hybridized carbons (Fsp3) is 0.333. The summed E-state index contributed by atoms with van der Waals surface area (Å²) in [6.07, 6.45) is 6.92. The van der Waals surface area contributed by atoms with Crippen LogP contribution in [0, 0.1) is 0 Å². The largest absolute Gasteiger partial charge is 0.366 e. The molecule has 2 aromatic rings. The van der Waals surface area contributed by atoms with Gasteiger partial charge in [0, 0.05) is 37.7 Å². The first-order chi connectivity index (χ1) is 11.1. The van der Waals surface area contributed by atoms with E-state index in [1.807, 2.05) is 0 Å². The number of carbonyl (C=O) groups excluding carboxylic acids is 1. The van der Waals surface area contributed by atoms with Crippen molar-refractivity contribution in [2.24, 2.45) is 5.73 Å². The first-order valence-corrected chi connectivity index (χ1v) is 7.75. The molecule has 0 spiro atoms. The summed E-state index contributed by atoms with van der Waals surface area (Å²) >= 11 is 6.18. The van der Waals surface area contributed by atoms with Gasteiger partial charge in [-0.1, -0.05) is 11.6 Å². The minimum Gasteiger partial charge on any atom is -0.366 e. The Morgan fingerprint density at radius 1 is 1.35 bits per heavy atom. The molecule has 1 aliphatic heterocycles. The van der Waals surface area contributed by atoms with Crippen LogP contribution in [0.5, 0.6) is 0 Å². The van der Waals surface area contributed by atoms with Crippen molar-refractivity contribution in [3.8, 4) is 0 Å². The normalized spacial score (nSPS) is 17.8. The van der Waals surface area contributed by atoms with Crippen LogP contribution in [-0.4, -0.2) is 40.0 Å². The minimum absolute atomic E-state index is 0.178. The molecule has 8 heteroatoms. The average molecular weight is 333 g/mol. The maximum atomic E-state index is 11.1. The third-order valence-corrected chi connectivity index (χ3v) is 4.01. The maximum Gasteiger partial charge on any atom is 0.250 e. The van der Waals surface area contributed by atoms with Crippen LogP contribution in [-0.2, 0) is 0 Å². The van der Waals surface area contributed by atoms with Gasteiger partial charge in [-0.2, -0.15) is 0 Å². The van der Waals surface area contributed by atoms with Crippen LogP contribution in [0.2, 0.25) is 5.02 Å². The van der Waals surface area contributed by atoms with Crippen molar-refractivity contribution >= 4 is 29.3 Å². The molecule has 1 atom stereocenters. The Kier molecular flexibility index (Phi) is 4.57. The van der Waals surface area contributed by atoms with E-state index in [1.54, 1.807) is 18.5 Å². The first kappa shape index (κ1) is 15.5. The van der Waals surface area contributed by atoms with Gasteiger partial charge in [0.1, 0.15) is 5.82 Å². The highest BCUT2D eigenvalue weighted by atomic mass is 35.5. The number of hydrogen-bond acceptors (Lipinski definition) is 6. The van der Waals surface area contributed by atoms with Crippen LogP contribution in [0.3, 0.4) is 0 Å². The molecule has 0 saturated carbocycles. The smallest absolute Gasteiger partial charge is 0.250 e. The molecular weight excluding hydrogens is 316 g/mol. The molecule has 0 aliphatic carbocycles. The predicted molar refractivity (Wildman–Crippen MR) is 88.7 cm³/mol. The summed E-state index contributed by atoms with van der Waals surface area (Å²) in [6.45, 7) is 1.68. The summed E-state index contributed by atoms with van der Waals surface area (Å²) in [4.78, 5) is 26.0. The van der Waals surface area contributed by atoms with E-state index in [1.165, 1.54) is 12.3 Å². The summed E-state index contributed by atoms with van der Waals surface area (Å²) in [6, 6.07) is 3.50. The molecule has 3 heterocycles. The molecule has 0 bridgehead atoms. The lowest BCUT2D eigenvalue weighted by Gasteiger charge is -2.33. The van der Waals surface area contributed by atoms with E-state index in [2.05, 4.69) is 25.2 Å². The number of amides is 1. The van der Waals surface area contributed by atoms with Gasteiger partial charge in [0.2, 0.25) is 11.9 Å². The zero-order valence-electron chi connectivity index (χ0n) is 12.4. The minimum atomic E-state index is -0.545. The number of nitrogens with one attached hydrogen (secondary N) is 1. The second kappa shape index (κ2) is 6.78. The molecule has 1 fully saturated rings. The molecule has 7 nitrogen and oxygen atoms in total. The Morgan fingerprint density at radius 3 is 2.83 bits per heavy atom. The van der Waals surface area contributed by atoms with Gasteiger partial charge in [-0.15, -0.1) is 0 Å². The second-order valence-electron chi connectivity index (χ2n) is 5.40. The number of nitrogens with two attached hydrogens (primary N) is 1. The van der Waals surface area contributed by atoms with Gasteiger partial charge in [-0.3, -0.25) is 4.79 Å². The predicted octanol–water partition coefficient (Wildman–Crippen LogP) is 1.70. The molecular formula is C15H17ClN6O. The molecule has 3 N–H and O–H groups in total. The third-order valence-electron chi connectivity index (χ3n) is 3.72. The van der Waals surface area contributed by atoms with E-state index >= 15 is 0 Å². The molecule has 3 rings (SSSR count). The van der Waals surface area contributed by atoms with Crippen molar-refractivity contribution in [1.82, 2.24) is 15.0 Å². The molecule has 2 aromatic heterocycles. The molecule has 0 unspecified atom stereocenters. The molecule has 120 valence electrons. The topological polar surface area (TPSA) is 97.0 Å². The Balaban J connectivity index is 1.69. The number of primary amides is 1. The van der Waals surface area contributed by atoms with Crippen LogP contribution >= 0.6 is 11.6 Å². The number of rotatable bonds is 4. The van der Waals surface area contributed by atoms with Gasteiger partial charge in [-0.25, -0.2) is 15.0 Å². The van der Waals surface area contributed by atoms with Crippen molar-refractivity contribution in [2.45, 2.75) is 18.9 Å². The van der Waals surface area contributed by atoms with Gasteiger partial charge < -0.3 is 16.0 Å². The quantitative estimate of drug-likeness (QED) is 0.884. The molecule has 1 amide bonds. The van der Waals surface area contributed by atoms with E-state index in [4.69, 9.17) is 17.3 Å². The molecule has 1 aliphatic rings. The van der Waals surface area contributed by atoms with Crippen LogP contribution < -0.4 is 16.0 Å². The summed E-state index contributed by atoms with van der Waals surface area (Å²) in [5.41, 5.74) is 5.52. The van der Waals surface area contributed by atoms with Gasteiger partial charge >= 0.3 is 0 Å². The highest BCUT2D eigenvalue weighted by Gasteiger charge is 2.22. The summed E-state index contributed by atoms with van der Waals surface area (Å²) < 4.78 is 0. The number of anilines is 2. The van der Waals surface area contributed by atoms with Crippen LogP contribution in [0.4, 0.5) is 11.8 Å². The van der Waals surface area contributed by atoms with Gasteiger partial charge in [0.25, 0.3) is 0 Å². The monoisotopic (exact) mass is 332 g/mol. The van der Waals surface area contributed by atoms with Crippen LogP contribution in [0.1, 0.15) is 23.2 Å². The first-order valence-electron chi connectivity index (χ1n) is 7.37. The lowest BCUT2D eigenvalue weighted by molar-refractivity contribution is 0.1000. The van der Waals surface area contributed by atoms with E-state index in [-0.39, 0.29) is 6.04 Å². The Hall–Kier alpha value is -2.41. The van der Waals surface area contributed by atoms with E-state index < -0.39 is 5.91 Å². The lowest BCUT2D eigenvalue weighted by Crippen LogP contribution is -2.43. The Morgan fingerprint density at radius 2 is 2.13 bits per heavy atom. The standard InChI is InChI=1S/C15H17ClN6O/c16-12-7-10(13(17)23)8-20-14(12)21-11-3-1-6-22(9-11)15-18-4-2-5-19-15/h2,4-5,7-8,11H,1,3,6,9H2,(H2,17,23)(H,20,21)/t11-/m1/s1. The van der Waals surface area contributed by atoms with Crippen molar-refractivity contribution in [3.05, 3.63) is 41.3 Å². The van der Waals surface area contributed by atoms with Gasteiger partial charge in [0.05, 0.1) is 10.6 Å². The number of piperidine rings is 1. The highest BCUT2D eigenvalue weighted by molar-refractivity contribution is 6.33. The van der Waals surface area contributed by atoms with Crippen LogP contribution in [0.15, 0.2) is 30.7 Å².